The Labute approximate surface area is 124 Å². The molecule has 7 heteroatoms. The van der Waals surface area contributed by atoms with Crippen molar-refractivity contribution in [2.45, 2.75) is 32.4 Å². The molecule has 0 saturated heterocycles. The van der Waals surface area contributed by atoms with Crippen LogP contribution in [0.15, 0.2) is 24.3 Å². The molecular weight excluding hydrogens is 300 g/mol. The number of rotatable bonds is 9. The van der Waals surface area contributed by atoms with Gasteiger partial charge in [-0.05, 0) is 26.0 Å². The lowest BCUT2D eigenvalue weighted by Crippen LogP contribution is -2.19. The van der Waals surface area contributed by atoms with E-state index in [9.17, 15) is 17.2 Å². The first-order chi connectivity index (χ1) is 9.89. The first-order valence-electron chi connectivity index (χ1n) is 6.81. The minimum atomic E-state index is -3.01. The Morgan fingerprint density at radius 2 is 1.95 bits per heavy atom. The van der Waals surface area contributed by atoms with Crippen molar-refractivity contribution in [1.82, 2.24) is 5.32 Å². The highest BCUT2D eigenvalue weighted by Gasteiger charge is 2.17. The van der Waals surface area contributed by atoms with E-state index in [-0.39, 0.29) is 23.3 Å². The number of para-hydroxylation sites is 1. The monoisotopic (exact) mass is 321 g/mol. The molecule has 0 heterocycles. The highest BCUT2D eigenvalue weighted by molar-refractivity contribution is 7.91. The maximum atomic E-state index is 12.4. The van der Waals surface area contributed by atoms with Gasteiger partial charge in [0.05, 0.1) is 5.75 Å². The van der Waals surface area contributed by atoms with Crippen molar-refractivity contribution in [3.05, 3.63) is 29.8 Å². The minimum absolute atomic E-state index is 0.0968. The number of sulfone groups is 1. The van der Waals surface area contributed by atoms with Crippen LogP contribution in [0.25, 0.3) is 0 Å². The fourth-order valence-electron chi connectivity index (χ4n) is 2.08. The van der Waals surface area contributed by atoms with Crippen LogP contribution in [0.5, 0.6) is 5.75 Å². The van der Waals surface area contributed by atoms with Gasteiger partial charge in [-0.2, -0.15) is 8.78 Å². The predicted octanol–water partition coefficient (Wildman–Crippen LogP) is 2.76. The number of alkyl halides is 2. The van der Waals surface area contributed by atoms with E-state index in [1.807, 2.05) is 0 Å². The van der Waals surface area contributed by atoms with Gasteiger partial charge in [-0.15, -0.1) is 0 Å². The Hall–Kier alpha value is -1.21. The lowest BCUT2D eigenvalue weighted by Gasteiger charge is -2.20. The van der Waals surface area contributed by atoms with Gasteiger partial charge in [0.1, 0.15) is 15.6 Å². The second-order valence-corrected chi connectivity index (χ2v) is 7.11. The van der Waals surface area contributed by atoms with Crippen LogP contribution in [0.3, 0.4) is 0 Å². The largest absolute Gasteiger partial charge is 0.434 e. The van der Waals surface area contributed by atoms with Crippen LogP contribution >= 0.6 is 0 Å². The minimum Gasteiger partial charge on any atom is -0.434 e. The fourth-order valence-corrected chi connectivity index (χ4v) is 2.97. The third-order valence-corrected chi connectivity index (χ3v) is 5.04. The second-order valence-electron chi connectivity index (χ2n) is 4.64. The Morgan fingerprint density at radius 1 is 1.29 bits per heavy atom. The molecule has 1 aromatic carbocycles. The van der Waals surface area contributed by atoms with Crippen molar-refractivity contribution in [3.63, 3.8) is 0 Å². The lowest BCUT2D eigenvalue weighted by atomic mass is 10.0. The highest BCUT2D eigenvalue weighted by Crippen LogP contribution is 2.29. The summed E-state index contributed by atoms with van der Waals surface area (Å²) in [6, 6.07) is 6.31. The van der Waals surface area contributed by atoms with Crippen molar-refractivity contribution in [1.29, 1.82) is 0 Å². The molecule has 0 bridgehead atoms. The smallest absolute Gasteiger partial charge is 0.387 e. The van der Waals surface area contributed by atoms with E-state index >= 15 is 0 Å². The molecule has 0 aromatic heterocycles. The van der Waals surface area contributed by atoms with E-state index in [0.717, 1.165) is 0 Å². The van der Waals surface area contributed by atoms with E-state index in [4.69, 9.17) is 0 Å². The standard InChI is InChI=1S/C14H21F2NO3S/c1-3-21(18,19)10-6-8-12(17-2)11-7-4-5-9-13(11)20-14(15)16/h4-5,7,9,12,14,17H,3,6,8,10H2,1-2H3. The zero-order valence-electron chi connectivity index (χ0n) is 12.2. The Morgan fingerprint density at radius 3 is 2.52 bits per heavy atom. The summed E-state index contributed by atoms with van der Waals surface area (Å²) in [7, 11) is -1.31. The molecule has 120 valence electrons. The molecule has 4 nitrogen and oxygen atoms in total. The van der Waals surface area contributed by atoms with Crippen molar-refractivity contribution in [2.75, 3.05) is 18.6 Å². The van der Waals surface area contributed by atoms with Crippen molar-refractivity contribution >= 4 is 9.84 Å². The Bertz CT molecular complexity index is 535. The molecule has 0 saturated carbocycles. The average Bonchev–Trinajstić information content (AvgIpc) is 2.44. The third kappa shape index (κ3) is 5.97. The summed E-state index contributed by atoms with van der Waals surface area (Å²) >= 11 is 0. The highest BCUT2D eigenvalue weighted by atomic mass is 32.2. The van der Waals surface area contributed by atoms with Gasteiger partial charge in [0.2, 0.25) is 0 Å². The summed E-state index contributed by atoms with van der Waals surface area (Å²) in [5.41, 5.74) is 0.606. The Kier molecular flexibility index (Phi) is 7.04. The third-order valence-electron chi connectivity index (χ3n) is 3.25. The van der Waals surface area contributed by atoms with E-state index in [1.54, 1.807) is 32.2 Å². The molecule has 21 heavy (non-hydrogen) atoms. The van der Waals surface area contributed by atoms with E-state index in [0.29, 0.717) is 18.4 Å². The van der Waals surface area contributed by atoms with Crippen LogP contribution in [0.4, 0.5) is 8.78 Å². The zero-order valence-corrected chi connectivity index (χ0v) is 13.0. The molecule has 1 rings (SSSR count). The summed E-state index contributed by atoms with van der Waals surface area (Å²) < 4.78 is 52.3. The van der Waals surface area contributed by atoms with Gasteiger partial charge < -0.3 is 10.1 Å². The lowest BCUT2D eigenvalue weighted by molar-refractivity contribution is -0.0507. The first-order valence-corrected chi connectivity index (χ1v) is 8.63. The van der Waals surface area contributed by atoms with Crippen LogP contribution in [-0.2, 0) is 9.84 Å². The maximum Gasteiger partial charge on any atom is 0.387 e. The molecule has 0 radical (unpaired) electrons. The van der Waals surface area contributed by atoms with E-state index in [1.165, 1.54) is 6.07 Å². The predicted molar refractivity (Wildman–Crippen MR) is 78.4 cm³/mol. The number of halogens is 2. The van der Waals surface area contributed by atoms with Crippen molar-refractivity contribution in [3.8, 4) is 5.75 Å². The van der Waals surface area contributed by atoms with Crippen molar-refractivity contribution in [2.24, 2.45) is 0 Å². The molecule has 1 aromatic rings. The van der Waals surface area contributed by atoms with Gasteiger partial charge in [-0.25, -0.2) is 8.42 Å². The van der Waals surface area contributed by atoms with Crippen LogP contribution in [0.1, 0.15) is 31.4 Å². The van der Waals surface area contributed by atoms with Crippen molar-refractivity contribution < 1.29 is 21.9 Å². The van der Waals surface area contributed by atoms with Gasteiger partial charge in [0.15, 0.2) is 0 Å². The average molecular weight is 321 g/mol. The first kappa shape index (κ1) is 17.8. The van der Waals surface area contributed by atoms with Gasteiger partial charge in [-0.1, -0.05) is 25.1 Å². The quantitative estimate of drug-likeness (QED) is 0.760. The molecule has 0 aliphatic rings. The summed E-state index contributed by atoms with van der Waals surface area (Å²) in [4.78, 5) is 0. The summed E-state index contributed by atoms with van der Waals surface area (Å²) in [6.07, 6.45) is 0.990. The summed E-state index contributed by atoms with van der Waals surface area (Å²) in [5, 5.41) is 3.02. The van der Waals surface area contributed by atoms with Gasteiger partial charge in [0, 0.05) is 17.4 Å². The normalized spacial score (nSPS) is 13.4. The molecule has 0 spiro atoms. The van der Waals surface area contributed by atoms with Crippen LogP contribution < -0.4 is 10.1 Å². The summed E-state index contributed by atoms with van der Waals surface area (Å²) in [6.45, 7) is -1.28. The molecule has 0 amide bonds. The number of hydrogen-bond acceptors (Lipinski definition) is 4. The molecule has 0 aliphatic carbocycles. The van der Waals surface area contributed by atoms with Crippen LogP contribution in [0, 0.1) is 0 Å². The Balaban J connectivity index is 2.76. The number of nitrogens with one attached hydrogen (secondary N) is 1. The maximum absolute atomic E-state index is 12.4. The van der Waals surface area contributed by atoms with E-state index < -0.39 is 16.4 Å². The number of benzene rings is 1. The molecule has 1 N–H and O–H groups in total. The zero-order chi connectivity index (χ0) is 15.9. The number of ether oxygens (including phenoxy) is 1. The molecule has 0 aliphatic heterocycles. The number of hydrogen-bond donors (Lipinski definition) is 1. The van der Waals surface area contributed by atoms with Gasteiger partial charge in [0.25, 0.3) is 0 Å². The summed E-state index contributed by atoms with van der Waals surface area (Å²) in [5.74, 6) is 0.326. The fraction of sp³-hybridized carbons (Fsp3) is 0.571. The topological polar surface area (TPSA) is 55.4 Å². The van der Waals surface area contributed by atoms with Gasteiger partial charge in [-0.3, -0.25) is 0 Å². The molecule has 1 atom stereocenters. The molecule has 1 unspecified atom stereocenters. The second kappa shape index (κ2) is 8.29. The van der Waals surface area contributed by atoms with Gasteiger partial charge >= 0.3 is 6.61 Å². The SMILES string of the molecule is CCS(=O)(=O)CCCC(NC)c1ccccc1OC(F)F. The van der Waals surface area contributed by atoms with Crippen LogP contribution in [0.2, 0.25) is 0 Å². The van der Waals surface area contributed by atoms with Crippen LogP contribution in [-0.4, -0.2) is 33.6 Å². The molecule has 0 fully saturated rings. The molecular formula is C14H21F2NO3S. The van der Waals surface area contributed by atoms with E-state index in [2.05, 4.69) is 10.1 Å².